The lowest BCUT2D eigenvalue weighted by molar-refractivity contribution is 0.0948. The first-order valence-corrected chi connectivity index (χ1v) is 7.31. The van der Waals surface area contributed by atoms with Gasteiger partial charge in [-0.1, -0.05) is 6.92 Å². The zero-order chi connectivity index (χ0) is 13.8. The van der Waals surface area contributed by atoms with Crippen LogP contribution in [-0.4, -0.2) is 42.0 Å². The number of amides is 1. The second-order valence-corrected chi connectivity index (χ2v) is 5.76. The number of nitrogens with one attached hydrogen (secondary N) is 1. The normalized spacial score (nSPS) is 19.6. The van der Waals surface area contributed by atoms with Gasteiger partial charge < -0.3 is 16.0 Å². The van der Waals surface area contributed by atoms with E-state index < -0.39 is 0 Å². The first-order chi connectivity index (χ1) is 9.10. The number of rotatable bonds is 4. The maximum atomic E-state index is 12.1. The van der Waals surface area contributed by atoms with Gasteiger partial charge in [-0.05, 0) is 47.4 Å². The molecule has 0 bridgehead atoms. The number of carbonyl (C=O) groups is 1. The maximum Gasteiger partial charge on any atom is 0.255 e. The highest BCUT2D eigenvalue weighted by Crippen LogP contribution is 2.17. The van der Waals surface area contributed by atoms with E-state index in [-0.39, 0.29) is 11.7 Å². The molecule has 1 atom stereocenters. The molecular weight excluding hydrogens is 308 g/mol. The van der Waals surface area contributed by atoms with Crippen LogP contribution in [0.25, 0.3) is 0 Å². The lowest BCUT2D eigenvalue weighted by Crippen LogP contribution is -2.31. The molecule has 0 aromatic carbocycles. The number of aromatic nitrogens is 1. The molecule has 2 rings (SSSR count). The third-order valence-corrected chi connectivity index (χ3v) is 3.93. The summed E-state index contributed by atoms with van der Waals surface area (Å²) in [4.78, 5) is 18.4. The number of nitrogens with zero attached hydrogens (tertiary/aromatic N) is 2. The van der Waals surface area contributed by atoms with Gasteiger partial charge >= 0.3 is 0 Å². The molecule has 1 aromatic heterocycles. The van der Waals surface area contributed by atoms with Gasteiger partial charge in [-0.15, -0.1) is 0 Å². The molecule has 0 spiro atoms. The van der Waals surface area contributed by atoms with Crippen molar-refractivity contribution in [1.29, 1.82) is 0 Å². The second-order valence-electron chi connectivity index (χ2n) is 4.84. The van der Waals surface area contributed by atoms with Crippen LogP contribution in [0, 0.1) is 5.92 Å². The number of hydrogen-bond acceptors (Lipinski definition) is 4. The molecule has 1 unspecified atom stereocenters. The van der Waals surface area contributed by atoms with Gasteiger partial charge in [-0.25, -0.2) is 4.98 Å². The van der Waals surface area contributed by atoms with Crippen LogP contribution < -0.4 is 11.1 Å². The lowest BCUT2D eigenvalue weighted by Gasteiger charge is -2.14. The van der Waals surface area contributed by atoms with Crippen molar-refractivity contribution in [3.05, 3.63) is 22.3 Å². The average Bonchev–Trinajstić information content (AvgIpc) is 2.87. The SMILES string of the molecule is CCN1CCC(CNC(=O)c2cc(Br)cnc2N)C1. The molecule has 19 heavy (non-hydrogen) atoms. The standard InChI is InChI=1S/C13H19BrN4O/c1-2-18-4-3-9(8-18)6-17-13(19)11-5-10(14)7-16-12(11)15/h5,7,9H,2-4,6,8H2,1H3,(H2,15,16)(H,17,19). The van der Waals surface area contributed by atoms with Crippen molar-refractivity contribution in [2.24, 2.45) is 5.92 Å². The second kappa shape index (κ2) is 6.34. The van der Waals surface area contributed by atoms with Crippen molar-refractivity contribution in [3.63, 3.8) is 0 Å². The Morgan fingerprint density at radius 1 is 1.68 bits per heavy atom. The summed E-state index contributed by atoms with van der Waals surface area (Å²) in [6, 6.07) is 1.70. The van der Waals surface area contributed by atoms with Gasteiger partial charge in [0.2, 0.25) is 0 Å². The Hall–Kier alpha value is -1.14. The van der Waals surface area contributed by atoms with E-state index in [9.17, 15) is 4.79 Å². The Morgan fingerprint density at radius 3 is 3.16 bits per heavy atom. The summed E-state index contributed by atoms with van der Waals surface area (Å²) >= 11 is 3.29. The molecule has 1 aromatic rings. The van der Waals surface area contributed by atoms with Crippen LogP contribution >= 0.6 is 15.9 Å². The van der Waals surface area contributed by atoms with E-state index in [1.165, 1.54) is 0 Å². The number of pyridine rings is 1. The largest absolute Gasteiger partial charge is 0.383 e. The number of carbonyl (C=O) groups excluding carboxylic acids is 1. The summed E-state index contributed by atoms with van der Waals surface area (Å²) in [6.45, 7) is 6.11. The molecule has 1 amide bonds. The van der Waals surface area contributed by atoms with Gasteiger partial charge in [0, 0.05) is 23.8 Å². The summed E-state index contributed by atoms with van der Waals surface area (Å²) in [7, 11) is 0. The average molecular weight is 327 g/mol. The predicted molar refractivity (Wildman–Crippen MR) is 78.9 cm³/mol. The van der Waals surface area contributed by atoms with Crippen molar-refractivity contribution in [2.75, 3.05) is 31.9 Å². The zero-order valence-electron chi connectivity index (χ0n) is 11.0. The maximum absolute atomic E-state index is 12.1. The number of anilines is 1. The molecule has 1 saturated heterocycles. The lowest BCUT2D eigenvalue weighted by atomic mass is 10.1. The number of likely N-dealkylation sites (tertiary alicyclic amines) is 1. The van der Waals surface area contributed by atoms with E-state index in [0.29, 0.717) is 18.0 Å². The van der Waals surface area contributed by atoms with Crippen LogP contribution in [0.1, 0.15) is 23.7 Å². The van der Waals surface area contributed by atoms with Gasteiger partial charge in [0.15, 0.2) is 0 Å². The van der Waals surface area contributed by atoms with Gasteiger partial charge in [0.25, 0.3) is 5.91 Å². The number of nitrogen functional groups attached to an aromatic ring is 1. The predicted octanol–water partition coefficient (Wildman–Crippen LogP) is 1.50. The zero-order valence-corrected chi connectivity index (χ0v) is 12.6. The highest BCUT2D eigenvalue weighted by molar-refractivity contribution is 9.10. The van der Waals surface area contributed by atoms with E-state index >= 15 is 0 Å². The smallest absolute Gasteiger partial charge is 0.255 e. The minimum absolute atomic E-state index is 0.152. The van der Waals surface area contributed by atoms with E-state index in [1.54, 1.807) is 12.3 Å². The van der Waals surface area contributed by atoms with Crippen LogP contribution in [-0.2, 0) is 0 Å². The van der Waals surface area contributed by atoms with Crippen molar-refractivity contribution in [2.45, 2.75) is 13.3 Å². The summed E-state index contributed by atoms with van der Waals surface area (Å²) in [6.07, 6.45) is 2.72. The Balaban J connectivity index is 1.89. The van der Waals surface area contributed by atoms with Gasteiger partial charge in [0.1, 0.15) is 5.82 Å². The third kappa shape index (κ3) is 3.67. The molecule has 5 nitrogen and oxygen atoms in total. The first kappa shape index (κ1) is 14.3. The van der Waals surface area contributed by atoms with Crippen molar-refractivity contribution >= 4 is 27.7 Å². The van der Waals surface area contributed by atoms with Gasteiger partial charge in [0.05, 0.1) is 5.56 Å². The molecule has 104 valence electrons. The van der Waals surface area contributed by atoms with Crippen molar-refractivity contribution in [1.82, 2.24) is 15.2 Å². The Bertz CT molecular complexity index is 466. The minimum Gasteiger partial charge on any atom is -0.383 e. The van der Waals surface area contributed by atoms with Gasteiger partial charge in [-0.3, -0.25) is 4.79 Å². The van der Waals surface area contributed by atoms with E-state index in [4.69, 9.17) is 5.73 Å². The summed E-state index contributed by atoms with van der Waals surface area (Å²) < 4.78 is 0.755. The highest BCUT2D eigenvalue weighted by Gasteiger charge is 2.22. The number of hydrogen-bond donors (Lipinski definition) is 2. The molecule has 3 N–H and O–H groups in total. The summed E-state index contributed by atoms with van der Waals surface area (Å²) in [5.41, 5.74) is 6.15. The molecule has 1 aliphatic heterocycles. The summed E-state index contributed by atoms with van der Waals surface area (Å²) in [5, 5.41) is 2.95. The molecule has 2 heterocycles. The molecule has 0 aliphatic carbocycles. The van der Waals surface area contributed by atoms with Crippen LogP contribution in [0.2, 0.25) is 0 Å². The minimum atomic E-state index is -0.152. The summed E-state index contributed by atoms with van der Waals surface area (Å²) in [5.74, 6) is 0.647. The fourth-order valence-corrected chi connectivity index (χ4v) is 2.66. The van der Waals surface area contributed by atoms with Gasteiger partial charge in [-0.2, -0.15) is 0 Å². The van der Waals surface area contributed by atoms with Crippen molar-refractivity contribution < 1.29 is 4.79 Å². The topological polar surface area (TPSA) is 71.2 Å². The molecular formula is C13H19BrN4O. The van der Waals surface area contributed by atoms with Crippen LogP contribution in [0.4, 0.5) is 5.82 Å². The molecule has 0 radical (unpaired) electrons. The van der Waals surface area contributed by atoms with Crippen LogP contribution in [0.3, 0.4) is 0 Å². The monoisotopic (exact) mass is 326 g/mol. The quantitative estimate of drug-likeness (QED) is 0.879. The van der Waals surface area contributed by atoms with E-state index in [0.717, 1.165) is 30.5 Å². The Kier molecular flexibility index (Phi) is 4.76. The molecule has 0 saturated carbocycles. The molecule has 1 aliphatic rings. The Labute approximate surface area is 121 Å². The van der Waals surface area contributed by atoms with Crippen LogP contribution in [0.15, 0.2) is 16.7 Å². The van der Waals surface area contributed by atoms with E-state index in [2.05, 4.69) is 38.1 Å². The van der Waals surface area contributed by atoms with Crippen LogP contribution in [0.5, 0.6) is 0 Å². The first-order valence-electron chi connectivity index (χ1n) is 6.51. The number of halogens is 1. The van der Waals surface area contributed by atoms with E-state index in [1.807, 2.05) is 0 Å². The fourth-order valence-electron chi connectivity index (χ4n) is 2.33. The highest BCUT2D eigenvalue weighted by atomic mass is 79.9. The Morgan fingerprint density at radius 2 is 2.47 bits per heavy atom. The molecule has 1 fully saturated rings. The number of nitrogens with two attached hydrogens (primary N) is 1. The van der Waals surface area contributed by atoms with Crippen molar-refractivity contribution in [3.8, 4) is 0 Å². The molecule has 6 heteroatoms. The fraction of sp³-hybridized carbons (Fsp3) is 0.538. The third-order valence-electron chi connectivity index (χ3n) is 3.50.